The maximum absolute atomic E-state index is 13.2. The molecule has 0 unspecified atom stereocenters. The van der Waals surface area contributed by atoms with Gasteiger partial charge in [-0.2, -0.15) is 0 Å². The van der Waals surface area contributed by atoms with Crippen LogP contribution in [0.25, 0.3) is 12.2 Å². The first-order valence-electron chi connectivity index (χ1n) is 10.7. The first kappa shape index (κ1) is 26.6. The number of ether oxygens (including phenoxy) is 6. The van der Waals surface area contributed by atoms with E-state index in [9.17, 15) is 8.42 Å². The van der Waals surface area contributed by atoms with E-state index in [1.807, 2.05) is 0 Å². The zero-order valence-corrected chi connectivity index (χ0v) is 21.8. The van der Waals surface area contributed by atoms with Gasteiger partial charge >= 0.3 is 0 Å². The lowest BCUT2D eigenvalue weighted by Gasteiger charge is -2.17. The van der Waals surface area contributed by atoms with Crippen molar-refractivity contribution >= 4 is 27.9 Å². The quantitative estimate of drug-likeness (QED) is 0.367. The van der Waals surface area contributed by atoms with Crippen molar-refractivity contribution in [3.05, 3.63) is 59.7 Å². The SMILES string of the molecule is COc1ccc(S(=O)(=O)Nc2c(C=Cc3cc(OC)c(OC)c(OC)c3)ccc(OC)c2OC)cc1. The van der Waals surface area contributed by atoms with Gasteiger partial charge in [0.05, 0.1) is 47.6 Å². The van der Waals surface area contributed by atoms with E-state index in [0.717, 1.165) is 5.56 Å². The lowest BCUT2D eigenvalue weighted by Crippen LogP contribution is -2.15. The number of benzene rings is 3. The van der Waals surface area contributed by atoms with Crippen LogP contribution in [0.5, 0.6) is 34.5 Å². The number of hydrogen-bond donors (Lipinski definition) is 1. The molecule has 0 heterocycles. The maximum atomic E-state index is 13.2. The summed E-state index contributed by atoms with van der Waals surface area (Å²) in [5, 5.41) is 0. The molecule has 0 fully saturated rings. The Bertz CT molecular complexity index is 1310. The van der Waals surface area contributed by atoms with E-state index in [1.165, 1.54) is 54.8 Å². The molecule has 0 saturated heterocycles. The summed E-state index contributed by atoms with van der Waals surface area (Å²) in [6.45, 7) is 0. The van der Waals surface area contributed by atoms with Gasteiger partial charge in [0.15, 0.2) is 23.0 Å². The Hall–Kier alpha value is -4.05. The minimum absolute atomic E-state index is 0.0627. The van der Waals surface area contributed by atoms with E-state index in [4.69, 9.17) is 28.4 Å². The number of sulfonamides is 1. The summed E-state index contributed by atoms with van der Waals surface area (Å²) < 4.78 is 61.3. The highest BCUT2D eigenvalue weighted by Gasteiger charge is 2.21. The number of hydrogen-bond acceptors (Lipinski definition) is 8. The molecule has 0 saturated carbocycles. The number of anilines is 1. The van der Waals surface area contributed by atoms with E-state index in [0.29, 0.717) is 34.3 Å². The van der Waals surface area contributed by atoms with E-state index in [2.05, 4.69) is 4.72 Å². The van der Waals surface area contributed by atoms with E-state index >= 15 is 0 Å². The second kappa shape index (κ2) is 11.6. The Kier molecular flexibility index (Phi) is 8.55. The van der Waals surface area contributed by atoms with Gasteiger partial charge < -0.3 is 28.4 Å². The van der Waals surface area contributed by atoms with Crippen LogP contribution in [0.1, 0.15) is 11.1 Å². The largest absolute Gasteiger partial charge is 0.497 e. The van der Waals surface area contributed by atoms with Crippen LogP contribution < -0.4 is 33.1 Å². The van der Waals surface area contributed by atoms with Crippen LogP contribution in [0.15, 0.2) is 53.4 Å². The summed E-state index contributed by atoms with van der Waals surface area (Å²) in [6, 6.07) is 13.0. The van der Waals surface area contributed by atoms with Gasteiger partial charge in [0.2, 0.25) is 5.75 Å². The first-order valence-corrected chi connectivity index (χ1v) is 12.2. The van der Waals surface area contributed by atoms with Crippen molar-refractivity contribution in [2.24, 2.45) is 0 Å². The van der Waals surface area contributed by atoms with Crippen molar-refractivity contribution in [1.29, 1.82) is 0 Å². The Balaban J connectivity index is 2.08. The van der Waals surface area contributed by atoms with Crippen LogP contribution in [0, 0.1) is 0 Å². The Morgan fingerprint density at radius 3 is 1.72 bits per heavy atom. The monoisotopic (exact) mass is 515 g/mol. The van der Waals surface area contributed by atoms with Crippen molar-refractivity contribution in [1.82, 2.24) is 0 Å². The van der Waals surface area contributed by atoms with Crippen molar-refractivity contribution in [2.45, 2.75) is 4.90 Å². The molecule has 1 N–H and O–H groups in total. The van der Waals surface area contributed by atoms with E-state index < -0.39 is 10.0 Å². The molecule has 0 aliphatic heterocycles. The average molecular weight is 516 g/mol. The van der Waals surface area contributed by atoms with Gasteiger partial charge in [-0.3, -0.25) is 4.72 Å². The van der Waals surface area contributed by atoms with Crippen LogP contribution in [-0.4, -0.2) is 51.1 Å². The third-order valence-corrected chi connectivity index (χ3v) is 6.69. The summed E-state index contributed by atoms with van der Waals surface area (Å²) in [5.41, 5.74) is 1.50. The molecule has 3 aromatic rings. The van der Waals surface area contributed by atoms with Crippen molar-refractivity contribution < 1.29 is 36.8 Å². The fourth-order valence-electron chi connectivity index (χ4n) is 3.52. The van der Waals surface area contributed by atoms with Gasteiger partial charge in [-0.1, -0.05) is 12.2 Å². The van der Waals surface area contributed by atoms with Gasteiger partial charge in [0.25, 0.3) is 10.0 Å². The zero-order chi connectivity index (χ0) is 26.3. The highest BCUT2D eigenvalue weighted by atomic mass is 32.2. The minimum Gasteiger partial charge on any atom is -0.497 e. The first-order chi connectivity index (χ1) is 17.3. The Morgan fingerprint density at radius 2 is 1.22 bits per heavy atom. The molecule has 36 heavy (non-hydrogen) atoms. The predicted octanol–water partition coefficient (Wildman–Crippen LogP) is 4.71. The number of methoxy groups -OCH3 is 6. The Labute approximate surface area is 211 Å². The standard InChI is InChI=1S/C26H29NO8S/c1-30-19-10-12-20(13-11-19)36(28,29)27-24-18(9-14-21(31-2)26(24)35-6)8-7-17-15-22(32-3)25(34-5)23(16-17)33-4/h7-16,27H,1-6H3. The van der Waals surface area contributed by atoms with Crippen LogP contribution in [0.4, 0.5) is 5.69 Å². The highest BCUT2D eigenvalue weighted by Crippen LogP contribution is 2.41. The summed E-state index contributed by atoms with van der Waals surface area (Å²) in [6.07, 6.45) is 3.53. The summed E-state index contributed by atoms with van der Waals surface area (Å²) in [7, 11) is 5.06. The molecule has 0 aliphatic carbocycles. The molecule has 0 radical (unpaired) electrons. The molecule has 0 amide bonds. The fraction of sp³-hybridized carbons (Fsp3) is 0.231. The third kappa shape index (κ3) is 5.60. The van der Waals surface area contributed by atoms with Gasteiger partial charge in [0.1, 0.15) is 11.4 Å². The second-order valence-corrected chi connectivity index (χ2v) is 9.02. The maximum Gasteiger partial charge on any atom is 0.262 e. The van der Waals surface area contributed by atoms with Crippen molar-refractivity contribution in [3.8, 4) is 34.5 Å². The minimum atomic E-state index is -3.96. The molecule has 0 bridgehead atoms. The molecule has 192 valence electrons. The van der Waals surface area contributed by atoms with Gasteiger partial charge in [0, 0.05) is 5.56 Å². The molecular weight excluding hydrogens is 486 g/mol. The highest BCUT2D eigenvalue weighted by molar-refractivity contribution is 7.92. The molecule has 10 heteroatoms. The van der Waals surface area contributed by atoms with E-state index in [1.54, 1.807) is 48.6 Å². The second-order valence-electron chi connectivity index (χ2n) is 7.34. The zero-order valence-electron chi connectivity index (χ0n) is 20.9. The molecule has 3 aromatic carbocycles. The summed E-state index contributed by atoms with van der Waals surface area (Å²) in [5.74, 6) is 2.60. The van der Waals surface area contributed by atoms with Crippen molar-refractivity contribution in [3.63, 3.8) is 0 Å². The van der Waals surface area contributed by atoms with E-state index in [-0.39, 0.29) is 16.3 Å². The Morgan fingerprint density at radius 1 is 0.639 bits per heavy atom. The molecule has 0 spiro atoms. The molecular formula is C26H29NO8S. The van der Waals surface area contributed by atoms with Crippen LogP contribution >= 0.6 is 0 Å². The molecule has 0 aromatic heterocycles. The average Bonchev–Trinajstić information content (AvgIpc) is 2.91. The van der Waals surface area contributed by atoms with Gasteiger partial charge in [-0.25, -0.2) is 8.42 Å². The van der Waals surface area contributed by atoms with Crippen LogP contribution in [0.2, 0.25) is 0 Å². The fourth-order valence-corrected chi connectivity index (χ4v) is 4.61. The van der Waals surface area contributed by atoms with Crippen LogP contribution in [-0.2, 0) is 10.0 Å². The van der Waals surface area contributed by atoms with Gasteiger partial charge in [-0.15, -0.1) is 0 Å². The molecule has 3 rings (SSSR count). The summed E-state index contributed by atoms with van der Waals surface area (Å²) >= 11 is 0. The lowest BCUT2D eigenvalue weighted by molar-refractivity contribution is 0.324. The van der Waals surface area contributed by atoms with Gasteiger partial charge in [-0.05, 0) is 54.1 Å². The van der Waals surface area contributed by atoms with Crippen molar-refractivity contribution in [2.75, 3.05) is 47.4 Å². The summed E-state index contributed by atoms with van der Waals surface area (Å²) in [4.78, 5) is 0.0627. The normalized spacial score (nSPS) is 11.2. The smallest absolute Gasteiger partial charge is 0.262 e. The molecule has 0 atom stereocenters. The number of nitrogens with one attached hydrogen (secondary N) is 1. The topological polar surface area (TPSA) is 102 Å². The van der Waals surface area contributed by atoms with Crippen LogP contribution in [0.3, 0.4) is 0 Å². The molecule has 0 aliphatic rings. The lowest BCUT2D eigenvalue weighted by atomic mass is 10.1. The molecule has 9 nitrogen and oxygen atoms in total. The predicted molar refractivity (Wildman–Crippen MR) is 138 cm³/mol. The third-order valence-electron chi connectivity index (χ3n) is 5.33. The number of rotatable bonds is 11.